The van der Waals surface area contributed by atoms with Gasteiger partial charge in [0.05, 0.1) is 18.3 Å². The molecule has 0 unspecified atom stereocenters. The van der Waals surface area contributed by atoms with Crippen LogP contribution < -0.4 is 0 Å². The molecule has 1 aliphatic carbocycles. The average Bonchev–Trinajstić information content (AvgIpc) is 2.39. The number of epoxide rings is 1. The van der Waals surface area contributed by atoms with Crippen LogP contribution >= 0.6 is 0 Å². The maximum absolute atomic E-state index is 9.12. The van der Waals surface area contributed by atoms with Gasteiger partial charge in [-0.15, -0.1) is 0 Å². The second-order valence-corrected chi connectivity index (χ2v) is 2.80. The summed E-state index contributed by atoms with van der Waals surface area (Å²) in [6.07, 6.45) is 1.61. The van der Waals surface area contributed by atoms with Gasteiger partial charge >= 0.3 is 0 Å². The number of aliphatic hydroxyl groups is 1. The molecule has 1 N–H and O–H groups in total. The van der Waals surface area contributed by atoms with Crippen LogP contribution in [0.5, 0.6) is 0 Å². The van der Waals surface area contributed by atoms with E-state index in [1.54, 1.807) is 0 Å². The Hall–Kier alpha value is -0.0800. The third kappa shape index (κ3) is 0.446. The standard InChI is InChI=1S/C6H10O2/c1-3-4(7)2-5-6(3)8-5/h3-7H,2H2,1H3/t3-,4-,5+,6-/m0/s1. The maximum Gasteiger partial charge on any atom is 0.0892 e. The van der Waals surface area contributed by atoms with E-state index in [0.29, 0.717) is 18.1 Å². The quantitative estimate of drug-likeness (QED) is 0.455. The van der Waals surface area contributed by atoms with Gasteiger partial charge in [0.15, 0.2) is 0 Å². The molecule has 0 aromatic carbocycles. The molecule has 2 nitrogen and oxygen atoms in total. The monoisotopic (exact) mass is 114 g/mol. The van der Waals surface area contributed by atoms with Crippen LogP contribution in [0.15, 0.2) is 0 Å². The van der Waals surface area contributed by atoms with Crippen LogP contribution in [0.1, 0.15) is 13.3 Å². The molecule has 0 spiro atoms. The number of fused-ring (bicyclic) bond motifs is 1. The summed E-state index contributed by atoms with van der Waals surface area (Å²) in [5, 5.41) is 9.12. The van der Waals surface area contributed by atoms with E-state index in [1.807, 2.05) is 6.92 Å². The Bertz CT molecular complexity index is 111. The first kappa shape index (κ1) is 4.77. The summed E-state index contributed by atoms with van der Waals surface area (Å²) in [6, 6.07) is 0. The van der Waals surface area contributed by atoms with Crippen LogP contribution in [0.4, 0.5) is 0 Å². The molecule has 1 saturated heterocycles. The van der Waals surface area contributed by atoms with Gasteiger partial charge < -0.3 is 9.84 Å². The van der Waals surface area contributed by atoms with E-state index in [2.05, 4.69) is 0 Å². The molecule has 8 heavy (non-hydrogen) atoms. The van der Waals surface area contributed by atoms with E-state index in [-0.39, 0.29) is 6.10 Å². The SMILES string of the molecule is C[C@@H]1[C@@H]2O[C@@H]2C[C@@H]1O. The first-order valence-corrected chi connectivity index (χ1v) is 3.12. The Balaban J connectivity index is 2.08. The number of ether oxygens (including phenoxy) is 1. The smallest absolute Gasteiger partial charge is 0.0892 e. The first-order valence-electron chi connectivity index (χ1n) is 3.12. The number of rotatable bonds is 0. The van der Waals surface area contributed by atoms with Gasteiger partial charge in [0.25, 0.3) is 0 Å². The van der Waals surface area contributed by atoms with Crippen molar-refractivity contribution >= 4 is 0 Å². The Labute approximate surface area is 48.5 Å². The van der Waals surface area contributed by atoms with Crippen molar-refractivity contribution in [1.82, 2.24) is 0 Å². The maximum atomic E-state index is 9.12. The summed E-state index contributed by atoms with van der Waals surface area (Å²) >= 11 is 0. The van der Waals surface area contributed by atoms with Crippen LogP contribution in [0.25, 0.3) is 0 Å². The molecule has 1 saturated carbocycles. The molecule has 2 fully saturated rings. The predicted molar refractivity (Wildman–Crippen MR) is 28.4 cm³/mol. The highest BCUT2D eigenvalue weighted by Crippen LogP contribution is 2.42. The molecule has 0 amide bonds. The molecule has 0 aromatic rings. The van der Waals surface area contributed by atoms with Crippen molar-refractivity contribution in [3.8, 4) is 0 Å². The van der Waals surface area contributed by atoms with Gasteiger partial charge in [-0.25, -0.2) is 0 Å². The highest BCUT2D eigenvalue weighted by atomic mass is 16.6. The summed E-state index contributed by atoms with van der Waals surface area (Å²) in [6.45, 7) is 2.04. The fraction of sp³-hybridized carbons (Fsp3) is 1.00. The molecule has 1 aliphatic heterocycles. The number of hydrogen-bond acceptors (Lipinski definition) is 2. The molecule has 0 bridgehead atoms. The highest BCUT2D eigenvalue weighted by molar-refractivity contribution is 5.00. The molecule has 2 aliphatic rings. The molecule has 0 aromatic heterocycles. The zero-order valence-electron chi connectivity index (χ0n) is 4.87. The fourth-order valence-electron chi connectivity index (χ4n) is 1.48. The van der Waals surface area contributed by atoms with Crippen molar-refractivity contribution in [3.63, 3.8) is 0 Å². The van der Waals surface area contributed by atoms with Crippen molar-refractivity contribution < 1.29 is 9.84 Å². The molecule has 2 heteroatoms. The van der Waals surface area contributed by atoms with Crippen molar-refractivity contribution in [3.05, 3.63) is 0 Å². The second kappa shape index (κ2) is 1.25. The van der Waals surface area contributed by atoms with Gasteiger partial charge in [0, 0.05) is 12.3 Å². The van der Waals surface area contributed by atoms with Gasteiger partial charge in [-0.3, -0.25) is 0 Å². The lowest BCUT2D eigenvalue weighted by Crippen LogP contribution is -2.15. The minimum absolute atomic E-state index is 0.0845. The van der Waals surface area contributed by atoms with Crippen molar-refractivity contribution in [2.75, 3.05) is 0 Å². The van der Waals surface area contributed by atoms with Crippen LogP contribution in [0, 0.1) is 5.92 Å². The Morgan fingerprint density at radius 3 is 2.62 bits per heavy atom. The van der Waals surface area contributed by atoms with Gasteiger partial charge in [0.1, 0.15) is 0 Å². The van der Waals surface area contributed by atoms with Gasteiger partial charge in [0.2, 0.25) is 0 Å². The van der Waals surface area contributed by atoms with E-state index < -0.39 is 0 Å². The third-order valence-electron chi connectivity index (χ3n) is 2.22. The van der Waals surface area contributed by atoms with Crippen LogP contribution in [-0.4, -0.2) is 23.4 Å². The molecule has 2 rings (SSSR count). The zero-order valence-corrected chi connectivity index (χ0v) is 4.87. The van der Waals surface area contributed by atoms with Crippen LogP contribution in [-0.2, 0) is 4.74 Å². The number of hydrogen-bond donors (Lipinski definition) is 1. The summed E-state index contributed by atoms with van der Waals surface area (Å²) in [5.41, 5.74) is 0. The normalized spacial score (nSPS) is 60.8. The van der Waals surface area contributed by atoms with Crippen LogP contribution in [0.3, 0.4) is 0 Å². The summed E-state index contributed by atoms with van der Waals surface area (Å²) in [4.78, 5) is 0. The summed E-state index contributed by atoms with van der Waals surface area (Å²) in [7, 11) is 0. The molecular weight excluding hydrogens is 104 g/mol. The van der Waals surface area contributed by atoms with E-state index in [4.69, 9.17) is 9.84 Å². The van der Waals surface area contributed by atoms with Crippen molar-refractivity contribution in [2.24, 2.45) is 5.92 Å². The molecule has 4 atom stereocenters. The van der Waals surface area contributed by atoms with E-state index in [0.717, 1.165) is 6.42 Å². The molecule has 1 heterocycles. The van der Waals surface area contributed by atoms with E-state index in [1.165, 1.54) is 0 Å². The largest absolute Gasteiger partial charge is 0.393 e. The van der Waals surface area contributed by atoms with Gasteiger partial charge in [-0.1, -0.05) is 6.92 Å². The minimum atomic E-state index is -0.0845. The Morgan fingerprint density at radius 2 is 2.38 bits per heavy atom. The third-order valence-corrected chi connectivity index (χ3v) is 2.22. The van der Waals surface area contributed by atoms with E-state index >= 15 is 0 Å². The molecule has 46 valence electrons. The molecule has 0 radical (unpaired) electrons. The second-order valence-electron chi connectivity index (χ2n) is 2.80. The summed E-state index contributed by atoms with van der Waals surface area (Å²) in [5.74, 6) is 0.389. The first-order chi connectivity index (χ1) is 3.79. The predicted octanol–water partition coefficient (Wildman–Crippen LogP) is 0.154. The lowest BCUT2D eigenvalue weighted by Gasteiger charge is -2.08. The highest BCUT2D eigenvalue weighted by Gasteiger charge is 2.52. The fourth-order valence-corrected chi connectivity index (χ4v) is 1.48. The lowest BCUT2D eigenvalue weighted by atomic mass is 10.1. The summed E-state index contributed by atoms with van der Waals surface area (Å²) < 4.78 is 5.18. The van der Waals surface area contributed by atoms with E-state index in [9.17, 15) is 0 Å². The molecular formula is C6H10O2. The topological polar surface area (TPSA) is 32.8 Å². The van der Waals surface area contributed by atoms with Gasteiger partial charge in [-0.05, 0) is 0 Å². The Kier molecular flexibility index (Phi) is 0.746. The average molecular weight is 114 g/mol. The lowest BCUT2D eigenvalue weighted by molar-refractivity contribution is 0.0832. The minimum Gasteiger partial charge on any atom is -0.393 e. The van der Waals surface area contributed by atoms with Crippen molar-refractivity contribution in [1.29, 1.82) is 0 Å². The van der Waals surface area contributed by atoms with Crippen LogP contribution in [0.2, 0.25) is 0 Å². The Morgan fingerprint density at radius 1 is 1.62 bits per heavy atom. The van der Waals surface area contributed by atoms with Crippen molar-refractivity contribution in [2.45, 2.75) is 31.7 Å². The van der Waals surface area contributed by atoms with Gasteiger partial charge in [-0.2, -0.15) is 0 Å². The number of aliphatic hydroxyl groups excluding tert-OH is 1. The zero-order chi connectivity index (χ0) is 5.72.